The third kappa shape index (κ3) is 3.43. The quantitative estimate of drug-likeness (QED) is 0.878. The number of hydrogen-bond donors (Lipinski definition) is 1. The molecule has 0 unspecified atom stereocenters. The van der Waals surface area contributed by atoms with Gasteiger partial charge in [-0.05, 0) is 42.0 Å². The van der Waals surface area contributed by atoms with Crippen LogP contribution in [0.2, 0.25) is 0 Å². The zero-order valence-electron chi connectivity index (χ0n) is 10.1. The lowest BCUT2D eigenvalue weighted by atomic mass is 10.1. The average Bonchev–Trinajstić information content (AvgIpc) is 2.48. The standard InChI is InChI=1S/C15H11BrN2O/c16-9-11-1-5-13(6-2-11)15(19)18-14-7-3-12(10-17)4-8-14/h1-8H,9H2,(H,18,19). The summed E-state index contributed by atoms with van der Waals surface area (Å²) in [5.41, 5.74) is 2.97. The van der Waals surface area contributed by atoms with Crippen LogP contribution in [0.25, 0.3) is 0 Å². The molecule has 2 aromatic rings. The molecule has 0 radical (unpaired) electrons. The first-order chi connectivity index (χ1) is 9.22. The molecular formula is C15H11BrN2O. The number of halogens is 1. The van der Waals surface area contributed by atoms with E-state index in [1.807, 2.05) is 18.2 Å². The summed E-state index contributed by atoms with van der Waals surface area (Å²) in [5.74, 6) is -0.161. The van der Waals surface area contributed by atoms with Gasteiger partial charge in [-0.2, -0.15) is 5.26 Å². The van der Waals surface area contributed by atoms with Crippen molar-refractivity contribution in [2.24, 2.45) is 0 Å². The normalized spacial score (nSPS) is 9.68. The van der Waals surface area contributed by atoms with E-state index >= 15 is 0 Å². The second kappa shape index (κ2) is 6.17. The Morgan fingerprint density at radius 2 is 1.74 bits per heavy atom. The minimum absolute atomic E-state index is 0.161. The van der Waals surface area contributed by atoms with Crippen molar-refractivity contribution in [2.75, 3.05) is 5.32 Å². The molecular weight excluding hydrogens is 304 g/mol. The average molecular weight is 315 g/mol. The van der Waals surface area contributed by atoms with Gasteiger partial charge in [0.15, 0.2) is 0 Å². The highest BCUT2D eigenvalue weighted by Gasteiger charge is 2.05. The molecule has 0 aliphatic rings. The fourth-order valence-corrected chi connectivity index (χ4v) is 1.95. The lowest BCUT2D eigenvalue weighted by Crippen LogP contribution is -2.11. The zero-order valence-corrected chi connectivity index (χ0v) is 11.6. The molecule has 0 saturated carbocycles. The highest BCUT2D eigenvalue weighted by Crippen LogP contribution is 2.12. The number of nitrogens with one attached hydrogen (secondary N) is 1. The van der Waals surface area contributed by atoms with Crippen molar-refractivity contribution in [1.82, 2.24) is 0 Å². The SMILES string of the molecule is N#Cc1ccc(NC(=O)c2ccc(CBr)cc2)cc1. The van der Waals surface area contributed by atoms with Crippen molar-refractivity contribution in [3.8, 4) is 6.07 Å². The van der Waals surface area contributed by atoms with Crippen LogP contribution >= 0.6 is 15.9 Å². The topological polar surface area (TPSA) is 52.9 Å². The largest absolute Gasteiger partial charge is 0.322 e. The van der Waals surface area contributed by atoms with Gasteiger partial charge in [0.25, 0.3) is 5.91 Å². The number of alkyl halides is 1. The highest BCUT2D eigenvalue weighted by molar-refractivity contribution is 9.08. The second-order valence-electron chi connectivity index (χ2n) is 3.97. The summed E-state index contributed by atoms with van der Waals surface area (Å²) < 4.78 is 0. The van der Waals surface area contributed by atoms with E-state index in [2.05, 4.69) is 21.2 Å². The number of anilines is 1. The van der Waals surface area contributed by atoms with E-state index in [0.29, 0.717) is 16.8 Å². The fourth-order valence-electron chi connectivity index (χ4n) is 1.58. The van der Waals surface area contributed by atoms with Crippen LogP contribution in [0.3, 0.4) is 0 Å². The van der Waals surface area contributed by atoms with E-state index in [4.69, 9.17) is 5.26 Å². The van der Waals surface area contributed by atoms with Crippen molar-refractivity contribution in [3.63, 3.8) is 0 Å². The Labute approximate surface area is 120 Å². The third-order valence-electron chi connectivity index (χ3n) is 2.64. The van der Waals surface area contributed by atoms with Crippen molar-refractivity contribution in [1.29, 1.82) is 5.26 Å². The molecule has 2 aromatic carbocycles. The Hall–Kier alpha value is -2.12. The van der Waals surface area contributed by atoms with Gasteiger partial charge in [0.2, 0.25) is 0 Å². The number of hydrogen-bond acceptors (Lipinski definition) is 2. The number of nitriles is 1. The van der Waals surface area contributed by atoms with Gasteiger partial charge in [0, 0.05) is 16.6 Å². The molecule has 0 saturated heterocycles. The number of rotatable bonds is 3. The zero-order chi connectivity index (χ0) is 13.7. The Morgan fingerprint density at radius 3 is 2.26 bits per heavy atom. The summed E-state index contributed by atoms with van der Waals surface area (Å²) in [5, 5.41) is 12.3. The van der Waals surface area contributed by atoms with E-state index in [-0.39, 0.29) is 5.91 Å². The molecule has 0 atom stereocenters. The van der Waals surface area contributed by atoms with Gasteiger partial charge in [-0.3, -0.25) is 4.79 Å². The summed E-state index contributed by atoms with van der Waals surface area (Å²) in [6.45, 7) is 0. The van der Waals surface area contributed by atoms with Crippen LogP contribution in [0.4, 0.5) is 5.69 Å². The molecule has 0 spiro atoms. The molecule has 0 heterocycles. The summed E-state index contributed by atoms with van der Waals surface area (Å²) in [7, 11) is 0. The van der Waals surface area contributed by atoms with Gasteiger partial charge >= 0.3 is 0 Å². The Bertz CT molecular complexity index is 612. The molecule has 19 heavy (non-hydrogen) atoms. The van der Waals surface area contributed by atoms with E-state index < -0.39 is 0 Å². The predicted molar refractivity (Wildman–Crippen MR) is 78.2 cm³/mol. The maximum atomic E-state index is 12.0. The number of benzene rings is 2. The van der Waals surface area contributed by atoms with Gasteiger partial charge in [-0.25, -0.2) is 0 Å². The molecule has 1 N–H and O–H groups in total. The van der Waals surface area contributed by atoms with Gasteiger partial charge in [0.05, 0.1) is 11.6 Å². The summed E-state index contributed by atoms with van der Waals surface area (Å²) in [4.78, 5) is 12.0. The van der Waals surface area contributed by atoms with Crippen molar-refractivity contribution >= 4 is 27.5 Å². The molecule has 2 rings (SSSR count). The predicted octanol–water partition coefficient (Wildman–Crippen LogP) is 3.71. The van der Waals surface area contributed by atoms with Crippen LogP contribution in [0.15, 0.2) is 48.5 Å². The maximum Gasteiger partial charge on any atom is 0.255 e. The molecule has 94 valence electrons. The van der Waals surface area contributed by atoms with Crippen LogP contribution in [-0.4, -0.2) is 5.91 Å². The first-order valence-corrected chi connectivity index (χ1v) is 6.81. The molecule has 0 aliphatic carbocycles. The first kappa shape index (κ1) is 13.3. The third-order valence-corrected chi connectivity index (χ3v) is 3.29. The molecule has 4 heteroatoms. The van der Waals surface area contributed by atoms with Crippen molar-refractivity contribution in [3.05, 3.63) is 65.2 Å². The van der Waals surface area contributed by atoms with E-state index in [9.17, 15) is 4.79 Å². The molecule has 0 fully saturated rings. The molecule has 0 bridgehead atoms. The Kier molecular flexibility index (Phi) is 4.32. The number of carbonyl (C=O) groups is 1. The minimum Gasteiger partial charge on any atom is -0.322 e. The van der Waals surface area contributed by atoms with Gasteiger partial charge in [-0.1, -0.05) is 28.1 Å². The van der Waals surface area contributed by atoms with Crippen LogP contribution in [0, 0.1) is 11.3 Å². The summed E-state index contributed by atoms with van der Waals surface area (Å²) >= 11 is 3.36. The van der Waals surface area contributed by atoms with Crippen LogP contribution in [0.1, 0.15) is 21.5 Å². The van der Waals surface area contributed by atoms with Gasteiger partial charge in [0.1, 0.15) is 0 Å². The van der Waals surface area contributed by atoms with E-state index in [1.165, 1.54) is 0 Å². The maximum absolute atomic E-state index is 12.0. The lowest BCUT2D eigenvalue weighted by Gasteiger charge is -2.05. The smallest absolute Gasteiger partial charge is 0.255 e. The Morgan fingerprint density at radius 1 is 1.11 bits per heavy atom. The molecule has 1 amide bonds. The minimum atomic E-state index is -0.161. The first-order valence-electron chi connectivity index (χ1n) is 5.69. The number of amides is 1. The Balaban J connectivity index is 2.09. The van der Waals surface area contributed by atoms with E-state index in [1.54, 1.807) is 36.4 Å². The van der Waals surface area contributed by atoms with Crippen LogP contribution in [0.5, 0.6) is 0 Å². The van der Waals surface area contributed by atoms with Gasteiger partial charge < -0.3 is 5.32 Å². The number of carbonyl (C=O) groups excluding carboxylic acids is 1. The summed E-state index contributed by atoms with van der Waals surface area (Å²) in [6, 6.07) is 16.2. The fraction of sp³-hybridized carbons (Fsp3) is 0.0667. The molecule has 0 aliphatic heterocycles. The van der Waals surface area contributed by atoms with Crippen LogP contribution in [-0.2, 0) is 5.33 Å². The van der Waals surface area contributed by atoms with Crippen molar-refractivity contribution in [2.45, 2.75) is 5.33 Å². The lowest BCUT2D eigenvalue weighted by molar-refractivity contribution is 0.102. The van der Waals surface area contributed by atoms with Crippen LogP contribution < -0.4 is 5.32 Å². The second-order valence-corrected chi connectivity index (χ2v) is 4.53. The monoisotopic (exact) mass is 314 g/mol. The highest BCUT2D eigenvalue weighted by atomic mass is 79.9. The summed E-state index contributed by atoms with van der Waals surface area (Å²) in [6.07, 6.45) is 0. The molecule has 0 aromatic heterocycles. The molecule has 3 nitrogen and oxygen atoms in total. The van der Waals surface area contributed by atoms with E-state index in [0.717, 1.165) is 10.9 Å². The van der Waals surface area contributed by atoms with Gasteiger partial charge in [-0.15, -0.1) is 0 Å². The number of nitrogens with zero attached hydrogens (tertiary/aromatic N) is 1. The van der Waals surface area contributed by atoms with Crippen molar-refractivity contribution < 1.29 is 4.79 Å².